The first-order valence-electron chi connectivity index (χ1n) is 5.75. The lowest BCUT2D eigenvalue weighted by Gasteiger charge is -2.14. The van der Waals surface area contributed by atoms with Gasteiger partial charge in [-0.2, -0.15) is 0 Å². The Labute approximate surface area is 121 Å². The number of nitrogens with one attached hydrogen (secondary N) is 1. The van der Waals surface area contributed by atoms with Gasteiger partial charge in [-0.25, -0.2) is 4.98 Å². The molecule has 0 aliphatic heterocycles. The minimum atomic E-state index is 0.240. The molecule has 1 heterocycles. The molecule has 0 saturated heterocycles. The molecular weight excluding hydrogens is 312 g/mol. The van der Waals surface area contributed by atoms with Gasteiger partial charge in [-0.15, -0.1) is 0 Å². The topological polar surface area (TPSA) is 24.9 Å². The number of aromatic nitrogens is 1. The molecule has 0 bridgehead atoms. The largest absolute Gasteiger partial charge is 0.305 e. The molecule has 94 valence electrons. The summed E-state index contributed by atoms with van der Waals surface area (Å²) < 4.78 is 0.859. The number of halogens is 2. The van der Waals surface area contributed by atoms with Gasteiger partial charge < -0.3 is 5.32 Å². The van der Waals surface area contributed by atoms with Crippen molar-refractivity contribution in [2.24, 2.45) is 0 Å². The Morgan fingerprint density at radius 3 is 2.78 bits per heavy atom. The third kappa shape index (κ3) is 3.80. The molecule has 2 aromatic rings. The van der Waals surface area contributed by atoms with Crippen molar-refractivity contribution in [3.8, 4) is 0 Å². The van der Waals surface area contributed by atoms with Crippen molar-refractivity contribution in [3.05, 3.63) is 63.3 Å². The molecule has 0 unspecified atom stereocenters. The Bertz CT molecular complexity index is 531. The van der Waals surface area contributed by atoms with Crippen molar-refractivity contribution in [3.63, 3.8) is 0 Å². The summed E-state index contributed by atoms with van der Waals surface area (Å²) in [7, 11) is 0. The van der Waals surface area contributed by atoms with Crippen LogP contribution in [-0.4, -0.2) is 4.98 Å². The van der Waals surface area contributed by atoms with Crippen molar-refractivity contribution in [2.45, 2.75) is 19.5 Å². The van der Waals surface area contributed by atoms with Gasteiger partial charge in [-0.05, 0) is 52.7 Å². The fourth-order valence-corrected chi connectivity index (χ4v) is 2.28. The highest BCUT2D eigenvalue weighted by Crippen LogP contribution is 2.17. The second kappa shape index (κ2) is 6.32. The van der Waals surface area contributed by atoms with Crippen molar-refractivity contribution in [2.75, 3.05) is 0 Å². The predicted octanol–water partition coefficient (Wildman–Crippen LogP) is 4.35. The van der Waals surface area contributed by atoms with E-state index in [2.05, 4.69) is 39.2 Å². The summed E-state index contributed by atoms with van der Waals surface area (Å²) in [5, 5.41) is 4.19. The Morgan fingerprint density at radius 2 is 2.06 bits per heavy atom. The Hall–Kier alpha value is -0.900. The highest BCUT2D eigenvalue weighted by Gasteiger charge is 2.05. The molecule has 2 rings (SSSR count). The summed E-state index contributed by atoms with van der Waals surface area (Å²) in [6, 6.07) is 14.0. The molecule has 0 amide bonds. The molecule has 0 fully saturated rings. The maximum absolute atomic E-state index is 5.98. The molecule has 1 N–H and O–H groups in total. The van der Waals surface area contributed by atoms with Crippen LogP contribution in [0.15, 0.2) is 47.1 Å². The first-order chi connectivity index (χ1) is 8.65. The van der Waals surface area contributed by atoms with E-state index < -0.39 is 0 Å². The molecule has 18 heavy (non-hydrogen) atoms. The van der Waals surface area contributed by atoms with Gasteiger partial charge in [0.25, 0.3) is 0 Å². The zero-order valence-electron chi connectivity index (χ0n) is 10.0. The van der Waals surface area contributed by atoms with Gasteiger partial charge in [0.15, 0.2) is 0 Å². The first-order valence-corrected chi connectivity index (χ1v) is 6.92. The van der Waals surface area contributed by atoms with Crippen LogP contribution in [0.3, 0.4) is 0 Å². The van der Waals surface area contributed by atoms with Crippen LogP contribution in [0, 0.1) is 0 Å². The van der Waals surface area contributed by atoms with E-state index in [4.69, 9.17) is 11.6 Å². The third-order valence-corrected chi connectivity index (χ3v) is 3.39. The highest BCUT2D eigenvalue weighted by molar-refractivity contribution is 9.10. The van der Waals surface area contributed by atoms with E-state index in [0.29, 0.717) is 0 Å². The van der Waals surface area contributed by atoms with Crippen LogP contribution in [0.2, 0.25) is 5.02 Å². The van der Waals surface area contributed by atoms with E-state index in [9.17, 15) is 0 Å². The molecule has 1 atom stereocenters. The van der Waals surface area contributed by atoms with Gasteiger partial charge in [0.1, 0.15) is 4.60 Å². The van der Waals surface area contributed by atoms with Crippen LogP contribution in [0.5, 0.6) is 0 Å². The summed E-state index contributed by atoms with van der Waals surface area (Å²) in [6.07, 6.45) is 0. The number of hydrogen-bond donors (Lipinski definition) is 1. The van der Waals surface area contributed by atoms with Crippen LogP contribution in [0.4, 0.5) is 0 Å². The van der Waals surface area contributed by atoms with Crippen LogP contribution in [0.25, 0.3) is 0 Å². The lowest BCUT2D eigenvalue weighted by Crippen LogP contribution is -2.18. The van der Waals surface area contributed by atoms with E-state index in [0.717, 1.165) is 21.9 Å². The van der Waals surface area contributed by atoms with Crippen LogP contribution < -0.4 is 5.32 Å². The summed E-state index contributed by atoms with van der Waals surface area (Å²) in [4.78, 5) is 4.38. The third-order valence-electron chi connectivity index (χ3n) is 2.71. The van der Waals surface area contributed by atoms with Crippen molar-refractivity contribution in [1.29, 1.82) is 0 Å². The van der Waals surface area contributed by atoms with E-state index in [-0.39, 0.29) is 6.04 Å². The second-order valence-corrected chi connectivity index (χ2v) is 5.36. The fraction of sp³-hybridized carbons (Fsp3) is 0.214. The molecule has 4 heteroatoms. The smallest absolute Gasteiger partial charge is 0.106 e. The van der Waals surface area contributed by atoms with Gasteiger partial charge in [0.05, 0.1) is 5.69 Å². The second-order valence-electron chi connectivity index (χ2n) is 4.11. The van der Waals surface area contributed by atoms with Gasteiger partial charge >= 0.3 is 0 Å². The molecule has 1 aromatic heterocycles. The molecule has 0 saturated carbocycles. The molecular formula is C14H14BrClN2. The number of benzene rings is 1. The zero-order valence-corrected chi connectivity index (χ0v) is 12.4. The monoisotopic (exact) mass is 324 g/mol. The molecule has 1 aromatic carbocycles. The normalized spacial score (nSPS) is 12.4. The number of hydrogen-bond acceptors (Lipinski definition) is 2. The van der Waals surface area contributed by atoms with Crippen LogP contribution >= 0.6 is 27.5 Å². The number of nitrogens with zero attached hydrogens (tertiary/aromatic N) is 1. The SMILES string of the molecule is C[C@@H](NCc1cccc(Br)n1)c1cccc(Cl)c1. The average molecular weight is 326 g/mol. The van der Waals surface area contributed by atoms with Crippen molar-refractivity contribution < 1.29 is 0 Å². The number of pyridine rings is 1. The number of rotatable bonds is 4. The van der Waals surface area contributed by atoms with E-state index in [1.165, 1.54) is 5.56 Å². The Balaban J connectivity index is 1.98. The summed E-state index contributed by atoms with van der Waals surface area (Å²) in [5.41, 5.74) is 2.19. The quantitative estimate of drug-likeness (QED) is 0.845. The highest BCUT2D eigenvalue weighted by atomic mass is 79.9. The summed E-state index contributed by atoms with van der Waals surface area (Å²) >= 11 is 9.35. The maximum Gasteiger partial charge on any atom is 0.106 e. The molecule has 0 spiro atoms. The molecule has 2 nitrogen and oxygen atoms in total. The lowest BCUT2D eigenvalue weighted by molar-refractivity contribution is 0.567. The fourth-order valence-electron chi connectivity index (χ4n) is 1.70. The summed E-state index contributed by atoms with van der Waals surface area (Å²) in [6.45, 7) is 2.84. The first kappa shape index (κ1) is 13.5. The minimum absolute atomic E-state index is 0.240. The summed E-state index contributed by atoms with van der Waals surface area (Å²) in [5.74, 6) is 0. The molecule has 0 aliphatic carbocycles. The Morgan fingerprint density at radius 1 is 1.28 bits per heavy atom. The molecule has 0 radical (unpaired) electrons. The predicted molar refractivity (Wildman–Crippen MR) is 78.6 cm³/mol. The van der Waals surface area contributed by atoms with Gasteiger partial charge in [0.2, 0.25) is 0 Å². The van der Waals surface area contributed by atoms with Crippen molar-refractivity contribution >= 4 is 27.5 Å². The van der Waals surface area contributed by atoms with Crippen molar-refractivity contribution in [1.82, 2.24) is 10.3 Å². The van der Waals surface area contributed by atoms with Crippen LogP contribution in [-0.2, 0) is 6.54 Å². The van der Waals surface area contributed by atoms with Gasteiger partial charge in [-0.3, -0.25) is 0 Å². The van der Waals surface area contributed by atoms with E-state index >= 15 is 0 Å². The van der Waals surface area contributed by atoms with Gasteiger partial charge in [0, 0.05) is 17.6 Å². The van der Waals surface area contributed by atoms with Crippen LogP contribution in [0.1, 0.15) is 24.2 Å². The average Bonchev–Trinajstić information content (AvgIpc) is 2.36. The minimum Gasteiger partial charge on any atom is -0.305 e. The van der Waals surface area contributed by atoms with E-state index in [1.54, 1.807) is 0 Å². The Kier molecular flexibility index (Phi) is 4.75. The lowest BCUT2D eigenvalue weighted by atomic mass is 10.1. The maximum atomic E-state index is 5.98. The van der Waals surface area contributed by atoms with Gasteiger partial charge in [-0.1, -0.05) is 29.8 Å². The molecule has 0 aliphatic rings. The standard InChI is InChI=1S/C14H14BrClN2/c1-10(11-4-2-5-12(16)8-11)17-9-13-6-3-7-14(15)18-13/h2-8,10,17H,9H2,1H3/t10-/m1/s1. The van der Waals surface area contributed by atoms with E-state index in [1.807, 2.05) is 36.4 Å². The zero-order chi connectivity index (χ0) is 13.0.